The number of fused-ring (bicyclic) bond motifs is 2. The number of carbonyl (C=O) groups is 1. The first-order chi connectivity index (χ1) is 14.8. The van der Waals surface area contributed by atoms with Crippen molar-refractivity contribution in [3.05, 3.63) is 47.5 Å². The molecule has 156 valence electrons. The number of thiazole rings is 1. The Labute approximate surface area is 179 Å². The SMILES string of the molecule is O=C(CN1CCCC[C@@H]1c1nc2ccccc2s1)Nc1ccc2c(c1)OCCCO2. The molecule has 1 atom stereocenters. The zero-order valence-corrected chi connectivity index (χ0v) is 17.6. The van der Waals surface area contributed by atoms with Crippen molar-refractivity contribution in [2.24, 2.45) is 0 Å². The van der Waals surface area contributed by atoms with Crippen LogP contribution in [0, 0.1) is 0 Å². The molecule has 0 radical (unpaired) electrons. The molecule has 1 saturated heterocycles. The van der Waals surface area contributed by atoms with E-state index in [9.17, 15) is 4.79 Å². The number of carbonyl (C=O) groups excluding carboxylic acids is 1. The van der Waals surface area contributed by atoms with Gasteiger partial charge in [0.2, 0.25) is 5.91 Å². The summed E-state index contributed by atoms with van der Waals surface area (Å²) in [6.45, 7) is 2.55. The normalized spacial score (nSPS) is 19.4. The maximum absolute atomic E-state index is 12.8. The van der Waals surface area contributed by atoms with Crippen molar-refractivity contribution in [1.82, 2.24) is 9.88 Å². The number of hydrogen-bond acceptors (Lipinski definition) is 6. The van der Waals surface area contributed by atoms with Gasteiger partial charge in [0, 0.05) is 18.2 Å². The zero-order chi connectivity index (χ0) is 20.3. The number of nitrogens with zero attached hydrogens (tertiary/aromatic N) is 2. The summed E-state index contributed by atoms with van der Waals surface area (Å²) >= 11 is 1.74. The minimum Gasteiger partial charge on any atom is -0.490 e. The van der Waals surface area contributed by atoms with Gasteiger partial charge >= 0.3 is 0 Å². The van der Waals surface area contributed by atoms with Crippen molar-refractivity contribution in [3.8, 4) is 11.5 Å². The summed E-state index contributed by atoms with van der Waals surface area (Å²) in [7, 11) is 0. The first-order valence-corrected chi connectivity index (χ1v) is 11.4. The number of nitrogens with one attached hydrogen (secondary N) is 1. The van der Waals surface area contributed by atoms with Crippen LogP contribution < -0.4 is 14.8 Å². The van der Waals surface area contributed by atoms with Crippen LogP contribution in [-0.4, -0.2) is 42.1 Å². The highest BCUT2D eigenvalue weighted by Crippen LogP contribution is 2.36. The quantitative estimate of drug-likeness (QED) is 0.663. The Balaban J connectivity index is 1.28. The molecule has 3 aromatic rings. The maximum atomic E-state index is 12.8. The van der Waals surface area contributed by atoms with E-state index in [2.05, 4.69) is 22.3 Å². The number of anilines is 1. The Bertz CT molecular complexity index is 1020. The van der Waals surface area contributed by atoms with Crippen molar-refractivity contribution in [3.63, 3.8) is 0 Å². The van der Waals surface area contributed by atoms with Gasteiger partial charge in [0.25, 0.3) is 0 Å². The molecular formula is C23H25N3O3S. The number of para-hydroxylation sites is 1. The summed E-state index contributed by atoms with van der Waals surface area (Å²) in [4.78, 5) is 19.9. The van der Waals surface area contributed by atoms with Gasteiger partial charge in [0.15, 0.2) is 11.5 Å². The summed E-state index contributed by atoms with van der Waals surface area (Å²) in [6.07, 6.45) is 4.18. The Hall–Kier alpha value is -2.64. The average molecular weight is 424 g/mol. The molecule has 30 heavy (non-hydrogen) atoms. The van der Waals surface area contributed by atoms with E-state index in [1.165, 1.54) is 11.1 Å². The molecule has 2 aromatic carbocycles. The van der Waals surface area contributed by atoms with Gasteiger partial charge in [0.05, 0.1) is 36.0 Å². The number of piperidine rings is 1. The summed E-state index contributed by atoms with van der Waals surface area (Å²) in [5.41, 5.74) is 1.78. The molecule has 2 aliphatic heterocycles. The Morgan fingerprint density at radius 2 is 1.97 bits per heavy atom. The Morgan fingerprint density at radius 1 is 1.10 bits per heavy atom. The summed E-state index contributed by atoms with van der Waals surface area (Å²) in [5.74, 6) is 1.41. The molecule has 7 heteroatoms. The fourth-order valence-corrected chi connectivity index (χ4v) is 5.26. The van der Waals surface area contributed by atoms with Gasteiger partial charge in [-0.05, 0) is 43.7 Å². The highest BCUT2D eigenvalue weighted by molar-refractivity contribution is 7.18. The van der Waals surface area contributed by atoms with Crippen LogP contribution in [-0.2, 0) is 4.79 Å². The molecule has 0 unspecified atom stereocenters. The number of aromatic nitrogens is 1. The molecule has 6 nitrogen and oxygen atoms in total. The van der Waals surface area contributed by atoms with Gasteiger partial charge in [-0.3, -0.25) is 9.69 Å². The van der Waals surface area contributed by atoms with Crippen LogP contribution in [0.1, 0.15) is 36.7 Å². The average Bonchev–Trinajstić information content (AvgIpc) is 3.05. The monoisotopic (exact) mass is 423 g/mol. The van der Waals surface area contributed by atoms with E-state index >= 15 is 0 Å². The van der Waals surface area contributed by atoms with Crippen LogP contribution in [0.4, 0.5) is 5.69 Å². The van der Waals surface area contributed by atoms with Gasteiger partial charge in [-0.2, -0.15) is 0 Å². The van der Waals surface area contributed by atoms with Crippen LogP contribution in [0.25, 0.3) is 10.2 Å². The van der Waals surface area contributed by atoms with E-state index < -0.39 is 0 Å². The van der Waals surface area contributed by atoms with E-state index in [4.69, 9.17) is 14.5 Å². The summed E-state index contributed by atoms with van der Waals surface area (Å²) in [6, 6.07) is 14.0. The molecule has 1 aromatic heterocycles. The first kappa shape index (κ1) is 19.3. The van der Waals surface area contributed by atoms with Crippen molar-refractivity contribution in [1.29, 1.82) is 0 Å². The van der Waals surface area contributed by atoms with Gasteiger partial charge in [-0.25, -0.2) is 4.98 Å². The Morgan fingerprint density at radius 3 is 2.87 bits per heavy atom. The summed E-state index contributed by atoms with van der Waals surface area (Å²) in [5, 5.41) is 4.14. The largest absolute Gasteiger partial charge is 0.490 e. The maximum Gasteiger partial charge on any atom is 0.238 e. The van der Waals surface area contributed by atoms with Crippen molar-refractivity contribution >= 4 is 33.1 Å². The molecule has 2 aliphatic rings. The highest BCUT2D eigenvalue weighted by Gasteiger charge is 2.28. The van der Waals surface area contributed by atoms with Gasteiger partial charge in [-0.1, -0.05) is 18.6 Å². The van der Waals surface area contributed by atoms with Crippen LogP contribution in [0.2, 0.25) is 0 Å². The van der Waals surface area contributed by atoms with Gasteiger partial charge in [0.1, 0.15) is 5.01 Å². The third-order valence-electron chi connectivity index (χ3n) is 5.59. The standard InChI is InChI=1S/C23H25N3O3S/c27-22(24-16-9-10-19-20(14-16)29-13-5-12-28-19)15-26-11-4-3-7-18(26)23-25-17-6-1-2-8-21(17)30-23/h1-2,6,8-10,14,18H,3-5,7,11-13,15H2,(H,24,27)/t18-/m1/s1. The number of amides is 1. The predicted molar refractivity (Wildman–Crippen MR) is 118 cm³/mol. The predicted octanol–water partition coefficient (Wildman–Crippen LogP) is 4.62. The number of ether oxygens (including phenoxy) is 2. The number of benzene rings is 2. The topological polar surface area (TPSA) is 63.7 Å². The minimum atomic E-state index is -0.0162. The lowest BCUT2D eigenvalue weighted by Gasteiger charge is -2.33. The van der Waals surface area contributed by atoms with Gasteiger partial charge < -0.3 is 14.8 Å². The third kappa shape index (κ3) is 4.13. The number of likely N-dealkylation sites (tertiary alicyclic amines) is 1. The smallest absolute Gasteiger partial charge is 0.238 e. The van der Waals surface area contributed by atoms with Crippen molar-refractivity contribution in [2.75, 3.05) is 31.6 Å². The summed E-state index contributed by atoms with van der Waals surface area (Å²) < 4.78 is 12.6. The van der Waals surface area contributed by atoms with Crippen molar-refractivity contribution in [2.45, 2.75) is 31.7 Å². The van der Waals surface area contributed by atoms with Gasteiger partial charge in [-0.15, -0.1) is 11.3 Å². The molecular weight excluding hydrogens is 398 g/mol. The lowest BCUT2D eigenvalue weighted by Crippen LogP contribution is -2.39. The highest BCUT2D eigenvalue weighted by atomic mass is 32.1. The molecule has 0 saturated carbocycles. The molecule has 1 amide bonds. The molecule has 1 fully saturated rings. The second-order valence-electron chi connectivity index (χ2n) is 7.76. The first-order valence-electron chi connectivity index (χ1n) is 10.6. The minimum absolute atomic E-state index is 0.0162. The molecule has 1 N–H and O–H groups in total. The number of hydrogen-bond donors (Lipinski definition) is 1. The fourth-order valence-electron chi connectivity index (χ4n) is 4.12. The molecule has 0 aliphatic carbocycles. The molecule has 3 heterocycles. The van der Waals surface area contributed by atoms with Crippen molar-refractivity contribution < 1.29 is 14.3 Å². The lowest BCUT2D eigenvalue weighted by molar-refractivity contribution is -0.118. The zero-order valence-electron chi connectivity index (χ0n) is 16.8. The van der Waals surface area contributed by atoms with E-state index in [0.29, 0.717) is 25.5 Å². The van der Waals surface area contributed by atoms with E-state index in [1.54, 1.807) is 11.3 Å². The van der Waals surface area contributed by atoms with E-state index in [1.807, 2.05) is 30.3 Å². The molecule has 0 bridgehead atoms. The second kappa shape index (κ2) is 8.62. The van der Waals surface area contributed by atoms with Crippen LogP contribution in [0.15, 0.2) is 42.5 Å². The molecule has 5 rings (SSSR count). The molecule has 0 spiro atoms. The number of rotatable bonds is 4. The Kier molecular flexibility index (Phi) is 5.55. The fraction of sp³-hybridized carbons (Fsp3) is 0.391. The second-order valence-corrected chi connectivity index (χ2v) is 8.82. The van der Waals surface area contributed by atoms with Crippen LogP contribution >= 0.6 is 11.3 Å². The third-order valence-corrected chi connectivity index (χ3v) is 6.72. The van der Waals surface area contributed by atoms with E-state index in [0.717, 1.165) is 47.8 Å². The van der Waals surface area contributed by atoms with Crippen LogP contribution in [0.3, 0.4) is 0 Å². The van der Waals surface area contributed by atoms with E-state index in [-0.39, 0.29) is 11.9 Å². The lowest BCUT2D eigenvalue weighted by atomic mass is 10.0. The van der Waals surface area contributed by atoms with Crippen LogP contribution in [0.5, 0.6) is 11.5 Å².